The van der Waals surface area contributed by atoms with E-state index < -0.39 is 12.6 Å². The van der Waals surface area contributed by atoms with Crippen molar-refractivity contribution in [2.45, 2.75) is 20.4 Å². The van der Waals surface area contributed by atoms with Gasteiger partial charge in [-0.1, -0.05) is 18.2 Å². The standard InChI is InChI=1S/C19H20FNO4/c1-3-21(11-14-5-4-6-16(20)9-14)18(23)12-25-19(24)15-8-7-13(2)17(22)10-15/h4-10,22H,3,11-12H2,1-2H3. The first-order valence-corrected chi connectivity index (χ1v) is 7.89. The normalized spacial score (nSPS) is 10.4. The molecule has 1 amide bonds. The van der Waals surface area contributed by atoms with E-state index >= 15 is 0 Å². The Balaban J connectivity index is 1.95. The summed E-state index contributed by atoms with van der Waals surface area (Å²) in [6, 6.07) is 10.4. The van der Waals surface area contributed by atoms with Crippen LogP contribution in [0, 0.1) is 12.7 Å². The molecular weight excluding hydrogens is 325 g/mol. The van der Waals surface area contributed by atoms with Crippen LogP contribution in [0.15, 0.2) is 42.5 Å². The van der Waals surface area contributed by atoms with Crippen molar-refractivity contribution in [1.29, 1.82) is 0 Å². The Morgan fingerprint density at radius 3 is 2.60 bits per heavy atom. The molecule has 5 nitrogen and oxygen atoms in total. The molecule has 0 saturated heterocycles. The predicted molar refractivity (Wildman–Crippen MR) is 90.6 cm³/mol. The number of carbonyl (C=O) groups excluding carboxylic acids is 2. The van der Waals surface area contributed by atoms with Gasteiger partial charge in [0.05, 0.1) is 5.56 Å². The summed E-state index contributed by atoms with van der Waals surface area (Å²) in [5.74, 6) is -1.45. The summed E-state index contributed by atoms with van der Waals surface area (Å²) in [5, 5.41) is 9.63. The van der Waals surface area contributed by atoms with Gasteiger partial charge in [-0.25, -0.2) is 9.18 Å². The zero-order valence-electron chi connectivity index (χ0n) is 14.2. The van der Waals surface area contributed by atoms with Crippen LogP contribution in [-0.4, -0.2) is 35.0 Å². The van der Waals surface area contributed by atoms with Gasteiger partial charge in [-0.2, -0.15) is 0 Å². The van der Waals surface area contributed by atoms with Gasteiger partial charge in [0.25, 0.3) is 5.91 Å². The lowest BCUT2D eigenvalue weighted by Gasteiger charge is -2.21. The highest BCUT2D eigenvalue weighted by Gasteiger charge is 2.16. The van der Waals surface area contributed by atoms with E-state index in [2.05, 4.69) is 0 Å². The second-order valence-electron chi connectivity index (χ2n) is 5.62. The zero-order chi connectivity index (χ0) is 18.4. The van der Waals surface area contributed by atoms with Crippen LogP contribution in [-0.2, 0) is 16.1 Å². The molecule has 6 heteroatoms. The number of amides is 1. The fourth-order valence-electron chi connectivity index (χ4n) is 2.27. The Bertz CT molecular complexity index is 776. The van der Waals surface area contributed by atoms with E-state index in [-0.39, 0.29) is 29.6 Å². The minimum absolute atomic E-state index is 0.0120. The number of carbonyl (C=O) groups is 2. The van der Waals surface area contributed by atoms with Crippen LogP contribution in [0.25, 0.3) is 0 Å². The summed E-state index contributed by atoms with van der Waals surface area (Å²) in [6.07, 6.45) is 0. The van der Waals surface area contributed by atoms with E-state index in [1.165, 1.54) is 29.2 Å². The number of aryl methyl sites for hydroxylation is 1. The summed E-state index contributed by atoms with van der Waals surface area (Å²) in [7, 11) is 0. The Morgan fingerprint density at radius 1 is 1.20 bits per heavy atom. The highest BCUT2D eigenvalue weighted by Crippen LogP contribution is 2.18. The maximum Gasteiger partial charge on any atom is 0.338 e. The fourth-order valence-corrected chi connectivity index (χ4v) is 2.27. The highest BCUT2D eigenvalue weighted by atomic mass is 19.1. The van der Waals surface area contributed by atoms with Crippen LogP contribution in [0.4, 0.5) is 4.39 Å². The van der Waals surface area contributed by atoms with E-state index in [4.69, 9.17) is 4.74 Å². The molecule has 0 unspecified atom stereocenters. The predicted octanol–water partition coefficient (Wildman–Crippen LogP) is 3.05. The Kier molecular flexibility index (Phi) is 6.11. The molecule has 0 atom stereocenters. The third kappa shape index (κ3) is 5.04. The molecule has 0 radical (unpaired) electrons. The molecule has 0 aliphatic carbocycles. The van der Waals surface area contributed by atoms with Crippen molar-refractivity contribution in [3.8, 4) is 5.75 Å². The fraction of sp³-hybridized carbons (Fsp3) is 0.263. The van der Waals surface area contributed by atoms with E-state index in [1.54, 1.807) is 32.0 Å². The molecular formula is C19H20FNO4. The van der Waals surface area contributed by atoms with Crippen molar-refractivity contribution in [2.75, 3.05) is 13.2 Å². The van der Waals surface area contributed by atoms with Gasteiger partial charge < -0.3 is 14.7 Å². The summed E-state index contributed by atoms with van der Waals surface area (Å²) in [6.45, 7) is 3.71. The first-order chi connectivity index (χ1) is 11.9. The molecule has 132 valence electrons. The number of benzene rings is 2. The van der Waals surface area contributed by atoms with Gasteiger partial charge in [0.2, 0.25) is 0 Å². The Hall–Kier alpha value is -2.89. The molecule has 0 saturated carbocycles. The van der Waals surface area contributed by atoms with Crippen LogP contribution >= 0.6 is 0 Å². The van der Waals surface area contributed by atoms with Crippen molar-refractivity contribution in [2.24, 2.45) is 0 Å². The first-order valence-electron chi connectivity index (χ1n) is 7.89. The second kappa shape index (κ2) is 8.28. The van der Waals surface area contributed by atoms with Crippen LogP contribution in [0.5, 0.6) is 5.75 Å². The van der Waals surface area contributed by atoms with Gasteiger partial charge in [-0.05, 0) is 49.2 Å². The lowest BCUT2D eigenvalue weighted by atomic mass is 10.1. The number of rotatable bonds is 6. The summed E-state index contributed by atoms with van der Waals surface area (Å²) in [4.78, 5) is 25.7. The number of ether oxygens (including phenoxy) is 1. The molecule has 0 aliphatic heterocycles. The van der Waals surface area contributed by atoms with Crippen molar-refractivity contribution in [3.05, 3.63) is 65.0 Å². The van der Waals surface area contributed by atoms with Crippen LogP contribution in [0.2, 0.25) is 0 Å². The van der Waals surface area contributed by atoms with E-state index in [9.17, 15) is 19.1 Å². The zero-order valence-corrected chi connectivity index (χ0v) is 14.2. The SMILES string of the molecule is CCN(Cc1cccc(F)c1)C(=O)COC(=O)c1ccc(C)c(O)c1. The van der Waals surface area contributed by atoms with Crippen molar-refractivity contribution in [1.82, 2.24) is 4.90 Å². The summed E-state index contributed by atoms with van der Waals surface area (Å²) >= 11 is 0. The highest BCUT2D eigenvalue weighted by molar-refractivity contribution is 5.91. The monoisotopic (exact) mass is 345 g/mol. The molecule has 2 rings (SSSR count). The van der Waals surface area contributed by atoms with Gasteiger partial charge in [-0.15, -0.1) is 0 Å². The number of nitrogens with zero attached hydrogens (tertiary/aromatic N) is 1. The Labute approximate surface area is 145 Å². The van der Waals surface area contributed by atoms with Crippen LogP contribution < -0.4 is 0 Å². The molecule has 25 heavy (non-hydrogen) atoms. The molecule has 0 aromatic heterocycles. The average Bonchev–Trinajstić information content (AvgIpc) is 2.59. The lowest BCUT2D eigenvalue weighted by molar-refractivity contribution is -0.134. The maximum absolute atomic E-state index is 13.2. The first kappa shape index (κ1) is 18.4. The lowest BCUT2D eigenvalue weighted by Crippen LogP contribution is -2.34. The third-order valence-corrected chi connectivity index (χ3v) is 3.77. The number of phenolic OH excluding ortho intramolecular Hbond substituents is 1. The van der Waals surface area contributed by atoms with Crippen LogP contribution in [0.1, 0.15) is 28.4 Å². The quantitative estimate of drug-likeness (QED) is 0.817. The van der Waals surface area contributed by atoms with E-state index in [1.807, 2.05) is 0 Å². The minimum Gasteiger partial charge on any atom is -0.508 e. The van der Waals surface area contributed by atoms with Gasteiger partial charge in [0.15, 0.2) is 6.61 Å². The van der Waals surface area contributed by atoms with Gasteiger partial charge >= 0.3 is 5.97 Å². The van der Waals surface area contributed by atoms with Crippen molar-refractivity contribution < 1.29 is 23.8 Å². The van der Waals surface area contributed by atoms with Gasteiger partial charge in [0.1, 0.15) is 11.6 Å². The minimum atomic E-state index is -0.689. The molecule has 0 spiro atoms. The second-order valence-corrected chi connectivity index (χ2v) is 5.62. The van der Waals surface area contributed by atoms with Crippen molar-refractivity contribution in [3.63, 3.8) is 0 Å². The average molecular weight is 345 g/mol. The number of hydrogen-bond acceptors (Lipinski definition) is 4. The number of esters is 1. The molecule has 2 aromatic carbocycles. The number of halogens is 1. The smallest absolute Gasteiger partial charge is 0.338 e. The molecule has 0 heterocycles. The van der Waals surface area contributed by atoms with E-state index in [0.29, 0.717) is 17.7 Å². The molecule has 0 aliphatic rings. The maximum atomic E-state index is 13.2. The molecule has 1 N–H and O–H groups in total. The molecule has 2 aromatic rings. The van der Waals surface area contributed by atoms with Gasteiger partial charge in [0, 0.05) is 13.1 Å². The molecule has 0 fully saturated rings. The number of hydrogen-bond donors (Lipinski definition) is 1. The van der Waals surface area contributed by atoms with Crippen molar-refractivity contribution >= 4 is 11.9 Å². The largest absolute Gasteiger partial charge is 0.508 e. The summed E-state index contributed by atoms with van der Waals surface area (Å²) in [5.41, 5.74) is 1.47. The van der Waals surface area contributed by atoms with Gasteiger partial charge in [-0.3, -0.25) is 4.79 Å². The van der Waals surface area contributed by atoms with E-state index in [0.717, 1.165) is 0 Å². The number of phenols is 1. The molecule has 0 bridgehead atoms. The topological polar surface area (TPSA) is 66.8 Å². The number of aromatic hydroxyl groups is 1. The van der Waals surface area contributed by atoms with Crippen LogP contribution in [0.3, 0.4) is 0 Å². The summed E-state index contributed by atoms with van der Waals surface area (Å²) < 4.78 is 18.2. The number of likely N-dealkylation sites (N-methyl/N-ethyl adjacent to an activating group) is 1. The third-order valence-electron chi connectivity index (χ3n) is 3.77. The Morgan fingerprint density at radius 2 is 1.96 bits per heavy atom.